The van der Waals surface area contributed by atoms with Gasteiger partial charge in [0.2, 0.25) is 0 Å². The van der Waals surface area contributed by atoms with Gasteiger partial charge in [-0.2, -0.15) is 0 Å². The van der Waals surface area contributed by atoms with Crippen LogP contribution in [0.2, 0.25) is 5.02 Å². The lowest BCUT2D eigenvalue weighted by atomic mass is 10.1. The van der Waals surface area contributed by atoms with Crippen molar-refractivity contribution in [1.29, 1.82) is 0 Å². The molecule has 4 heteroatoms. The van der Waals surface area contributed by atoms with Gasteiger partial charge in [0, 0.05) is 10.7 Å². The normalized spacial score (nSPS) is 10.6. The molecule has 0 spiro atoms. The molecule has 1 amide bonds. The molecule has 2 N–H and O–H groups in total. The molecule has 0 heterocycles. The lowest BCUT2D eigenvalue weighted by Crippen LogP contribution is -2.12. The number of anilines is 1. The SMILES string of the molecule is CCCCCCCc1ccc(NC(=O)c2cc(Cl)ccc2O)cc1. The average Bonchev–Trinajstić information content (AvgIpc) is 2.58. The van der Waals surface area contributed by atoms with Crippen LogP contribution in [0, 0.1) is 0 Å². The fourth-order valence-electron chi connectivity index (χ4n) is 2.58. The summed E-state index contributed by atoms with van der Waals surface area (Å²) in [5.41, 5.74) is 2.15. The zero-order valence-corrected chi connectivity index (χ0v) is 14.8. The summed E-state index contributed by atoms with van der Waals surface area (Å²) in [6.07, 6.45) is 7.39. The summed E-state index contributed by atoms with van der Waals surface area (Å²) < 4.78 is 0. The minimum atomic E-state index is -0.373. The number of hydrogen-bond donors (Lipinski definition) is 2. The van der Waals surface area contributed by atoms with Gasteiger partial charge in [-0.05, 0) is 48.7 Å². The molecule has 0 aliphatic carbocycles. The Hall–Kier alpha value is -2.00. The first-order valence-corrected chi connectivity index (χ1v) is 8.86. The third kappa shape index (κ3) is 5.57. The predicted molar refractivity (Wildman–Crippen MR) is 100.0 cm³/mol. The first-order chi connectivity index (χ1) is 11.6. The zero-order chi connectivity index (χ0) is 17.4. The number of aryl methyl sites for hydroxylation is 1. The van der Waals surface area contributed by atoms with Crippen molar-refractivity contribution in [3.05, 3.63) is 58.6 Å². The topological polar surface area (TPSA) is 49.3 Å². The number of carbonyl (C=O) groups is 1. The van der Waals surface area contributed by atoms with E-state index in [-0.39, 0.29) is 17.2 Å². The van der Waals surface area contributed by atoms with Crippen molar-refractivity contribution in [2.24, 2.45) is 0 Å². The van der Waals surface area contributed by atoms with Crippen molar-refractivity contribution < 1.29 is 9.90 Å². The minimum Gasteiger partial charge on any atom is -0.507 e. The highest BCUT2D eigenvalue weighted by Gasteiger charge is 2.12. The number of phenols is 1. The van der Waals surface area contributed by atoms with E-state index in [1.807, 2.05) is 24.3 Å². The molecule has 0 aliphatic rings. The Kier molecular flexibility index (Phi) is 7.13. The number of phenolic OH excluding ortho intramolecular Hbond substituents is 1. The standard InChI is InChI=1S/C20H24ClNO2/c1-2-3-4-5-6-7-15-8-11-17(12-9-15)22-20(24)18-14-16(21)10-13-19(18)23/h8-14,23H,2-7H2,1H3,(H,22,24). The molecule has 2 rings (SSSR count). The van der Waals surface area contributed by atoms with E-state index >= 15 is 0 Å². The molecule has 2 aromatic carbocycles. The molecule has 2 aromatic rings. The molecule has 0 aliphatic heterocycles. The third-order valence-corrected chi connectivity index (χ3v) is 4.22. The summed E-state index contributed by atoms with van der Waals surface area (Å²) in [7, 11) is 0. The molecule has 3 nitrogen and oxygen atoms in total. The predicted octanol–water partition coefficient (Wildman–Crippen LogP) is 5.81. The van der Waals surface area contributed by atoms with E-state index in [1.165, 1.54) is 49.8 Å². The molecular formula is C20H24ClNO2. The summed E-state index contributed by atoms with van der Waals surface area (Å²) in [6, 6.07) is 12.3. The van der Waals surface area contributed by atoms with Gasteiger partial charge in [0.15, 0.2) is 0 Å². The molecule has 128 valence electrons. The Balaban J connectivity index is 1.89. The van der Waals surface area contributed by atoms with Crippen molar-refractivity contribution in [1.82, 2.24) is 0 Å². The number of carbonyl (C=O) groups excluding carboxylic acids is 1. The summed E-state index contributed by atoms with van der Waals surface area (Å²) in [4.78, 5) is 12.2. The van der Waals surface area contributed by atoms with Crippen LogP contribution >= 0.6 is 11.6 Å². The number of benzene rings is 2. The summed E-state index contributed by atoms with van der Waals surface area (Å²) >= 11 is 5.87. The van der Waals surface area contributed by atoms with E-state index < -0.39 is 0 Å². The van der Waals surface area contributed by atoms with E-state index in [0.717, 1.165) is 6.42 Å². The number of aromatic hydroxyl groups is 1. The van der Waals surface area contributed by atoms with Gasteiger partial charge < -0.3 is 10.4 Å². The second-order valence-electron chi connectivity index (χ2n) is 5.98. The fraction of sp³-hybridized carbons (Fsp3) is 0.350. The number of rotatable bonds is 8. The lowest BCUT2D eigenvalue weighted by molar-refractivity contribution is 0.102. The van der Waals surface area contributed by atoms with Crippen LogP contribution in [0.1, 0.15) is 54.9 Å². The van der Waals surface area contributed by atoms with Gasteiger partial charge in [-0.15, -0.1) is 0 Å². The second kappa shape index (κ2) is 9.33. The van der Waals surface area contributed by atoms with Crippen LogP contribution in [0.5, 0.6) is 5.75 Å². The van der Waals surface area contributed by atoms with Gasteiger partial charge in [-0.1, -0.05) is 56.3 Å². The highest BCUT2D eigenvalue weighted by atomic mass is 35.5. The highest BCUT2D eigenvalue weighted by Crippen LogP contribution is 2.23. The number of amides is 1. The van der Waals surface area contributed by atoms with E-state index in [1.54, 1.807) is 6.07 Å². The first kappa shape index (κ1) is 18.3. The number of unbranched alkanes of at least 4 members (excludes halogenated alkanes) is 4. The van der Waals surface area contributed by atoms with Crippen molar-refractivity contribution >= 4 is 23.2 Å². The van der Waals surface area contributed by atoms with Crippen LogP contribution in [-0.4, -0.2) is 11.0 Å². The average molecular weight is 346 g/mol. The molecule has 0 unspecified atom stereocenters. The van der Waals surface area contributed by atoms with Crippen molar-refractivity contribution in [3.63, 3.8) is 0 Å². The second-order valence-corrected chi connectivity index (χ2v) is 6.41. The monoisotopic (exact) mass is 345 g/mol. The maximum atomic E-state index is 12.2. The summed E-state index contributed by atoms with van der Waals surface area (Å²) in [5, 5.41) is 13.0. The molecule has 0 radical (unpaired) electrons. The van der Waals surface area contributed by atoms with Crippen LogP contribution in [0.4, 0.5) is 5.69 Å². The molecule has 24 heavy (non-hydrogen) atoms. The zero-order valence-electron chi connectivity index (χ0n) is 14.0. The summed E-state index contributed by atoms with van der Waals surface area (Å²) in [6.45, 7) is 2.22. The van der Waals surface area contributed by atoms with E-state index in [2.05, 4.69) is 12.2 Å². The number of hydrogen-bond acceptors (Lipinski definition) is 2. The van der Waals surface area contributed by atoms with Crippen LogP contribution in [0.15, 0.2) is 42.5 Å². The molecule has 0 saturated carbocycles. The molecule has 0 aromatic heterocycles. The Morgan fingerprint density at radius 2 is 1.75 bits per heavy atom. The molecule has 0 saturated heterocycles. The van der Waals surface area contributed by atoms with Crippen molar-refractivity contribution in [2.45, 2.75) is 45.4 Å². The Labute approximate surface area is 148 Å². The smallest absolute Gasteiger partial charge is 0.259 e. The van der Waals surface area contributed by atoms with Crippen LogP contribution in [0.25, 0.3) is 0 Å². The maximum absolute atomic E-state index is 12.2. The van der Waals surface area contributed by atoms with Crippen LogP contribution < -0.4 is 5.32 Å². The van der Waals surface area contributed by atoms with Gasteiger partial charge in [-0.3, -0.25) is 4.79 Å². The Bertz CT molecular complexity index is 668. The summed E-state index contributed by atoms with van der Waals surface area (Å²) in [5.74, 6) is -0.456. The Morgan fingerprint density at radius 1 is 1.04 bits per heavy atom. The highest BCUT2D eigenvalue weighted by molar-refractivity contribution is 6.31. The van der Waals surface area contributed by atoms with E-state index in [0.29, 0.717) is 10.7 Å². The third-order valence-electron chi connectivity index (χ3n) is 3.98. The molecule has 0 fully saturated rings. The Morgan fingerprint density at radius 3 is 2.46 bits per heavy atom. The van der Waals surface area contributed by atoms with Gasteiger partial charge in [0.25, 0.3) is 5.91 Å². The maximum Gasteiger partial charge on any atom is 0.259 e. The number of nitrogens with one attached hydrogen (secondary N) is 1. The van der Waals surface area contributed by atoms with Gasteiger partial charge in [0.1, 0.15) is 5.75 Å². The quantitative estimate of drug-likeness (QED) is 0.593. The number of halogens is 1. The van der Waals surface area contributed by atoms with Gasteiger partial charge in [0.05, 0.1) is 5.56 Å². The molecule has 0 bridgehead atoms. The minimum absolute atomic E-state index is 0.0828. The van der Waals surface area contributed by atoms with Gasteiger partial charge in [-0.25, -0.2) is 0 Å². The lowest BCUT2D eigenvalue weighted by Gasteiger charge is -2.08. The van der Waals surface area contributed by atoms with E-state index in [9.17, 15) is 9.90 Å². The molecule has 0 atom stereocenters. The van der Waals surface area contributed by atoms with Crippen molar-refractivity contribution in [3.8, 4) is 5.75 Å². The molecular weight excluding hydrogens is 322 g/mol. The van der Waals surface area contributed by atoms with Gasteiger partial charge >= 0.3 is 0 Å². The fourth-order valence-corrected chi connectivity index (χ4v) is 2.75. The van der Waals surface area contributed by atoms with E-state index in [4.69, 9.17) is 11.6 Å². The van der Waals surface area contributed by atoms with Crippen LogP contribution in [0.3, 0.4) is 0 Å². The largest absolute Gasteiger partial charge is 0.507 e. The van der Waals surface area contributed by atoms with Crippen molar-refractivity contribution in [2.75, 3.05) is 5.32 Å². The van der Waals surface area contributed by atoms with Crippen LogP contribution in [-0.2, 0) is 6.42 Å². The first-order valence-electron chi connectivity index (χ1n) is 8.49.